The predicted octanol–water partition coefficient (Wildman–Crippen LogP) is -3.09. The molecule has 16 N–H and O–H groups in total. The van der Waals surface area contributed by atoms with Crippen molar-refractivity contribution < 1.29 is 139 Å². The number of esters is 1. The third-order valence-electron chi connectivity index (χ3n) is 23.6. The molecule has 0 amide bonds. The highest BCUT2D eigenvalue weighted by molar-refractivity contribution is 5.79. The van der Waals surface area contributed by atoms with E-state index in [-0.39, 0.29) is 29.6 Å². The summed E-state index contributed by atoms with van der Waals surface area (Å²) in [6.07, 6.45) is -36.9. The van der Waals surface area contributed by atoms with Gasteiger partial charge in [0.05, 0.1) is 43.5 Å². The minimum Gasteiger partial charge on any atom is -0.479 e. The Bertz CT molecular complexity index is 2510. The topological polar surface area (TPSA) is 450 Å². The van der Waals surface area contributed by atoms with Crippen molar-refractivity contribution in [2.45, 2.75) is 279 Å². The van der Waals surface area contributed by atoms with Crippen molar-refractivity contribution in [1.29, 1.82) is 0 Å². The number of carboxylic acids is 1. The fraction of sp³-hybridized carbons (Fsp3) is 0.933. The van der Waals surface area contributed by atoms with Gasteiger partial charge in [-0.2, -0.15) is 0 Å². The lowest BCUT2D eigenvalue weighted by atomic mass is 9.33. The number of hydrogen-bond donors (Lipinski definition) is 16. The summed E-state index contributed by atoms with van der Waals surface area (Å²) >= 11 is 0. The zero-order chi connectivity index (χ0) is 64.4. The van der Waals surface area contributed by atoms with Crippen molar-refractivity contribution in [3.63, 3.8) is 0 Å². The highest BCUT2D eigenvalue weighted by Crippen LogP contribution is 2.76. The molecular formula is C60H96O28. The smallest absolute Gasteiger partial charge is 0.335 e. The highest BCUT2D eigenvalue weighted by atomic mass is 16.8. The Kier molecular flexibility index (Phi) is 19.6. The number of allylic oxidation sites excluding steroid dienone is 2. The Morgan fingerprint density at radius 3 is 1.56 bits per heavy atom. The summed E-state index contributed by atoms with van der Waals surface area (Å²) in [7, 11) is 0. The van der Waals surface area contributed by atoms with Crippen molar-refractivity contribution in [2.75, 3.05) is 19.8 Å². The molecule has 0 bridgehead atoms. The molecule has 34 atom stereocenters. The van der Waals surface area contributed by atoms with Gasteiger partial charge in [0.25, 0.3) is 0 Å². The van der Waals surface area contributed by atoms with E-state index in [0.717, 1.165) is 5.57 Å². The number of aliphatic carboxylic acids is 1. The SMILES string of the molecule is C[C@@H]1O[C@@H](O[C@H]2[C@H](O[C@H]3[C@H](O[C@H]4CC[C@@]5(C)[C@@H](CC[C@]6(C)[C@@H]5CC=C5[C@@H]7CC(C)(C)CC[C@]7(C(=O)O[C@@H]7O[C@H](CO)[C@@H](O)[C@H](O)[C@H]7O[C@@H]7O[C@@H](C)[C@H](O)[C@@H](O)[C@H]7O)CC[C@]56C)[C@@]4(C)CO)O[C@H](C(=O)O)[C@@H](O)[C@@H]3O)O[C@H](CO)[C@H](O)[C@@H]2O)[C@H](O)[C@H](O)[C@H]1O. The second kappa shape index (κ2) is 25.1. The van der Waals surface area contributed by atoms with Crippen molar-refractivity contribution in [1.82, 2.24) is 0 Å². The van der Waals surface area contributed by atoms with E-state index in [9.17, 15) is 86.5 Å². The van der Waals surface area contributed by atoms with Crippen LogP contribution in [0.4, 0.5) is 0 Å². The van der Waals surface area contributed by atoms with Gasteiger partial charge in [-0.15, -0.1) is 0 Å². The zero-order valence-corrected chi connectivity index (χ0v) is 51.1. The second-order valence-electron chi connectivity index (χ2n) is 28.9. The van der Waals surface area contributed by atoms with E-state index in [1.54, 1.807) is 0 Å². The van der Waals surface area contributed by atoms with Crippen LogP contribution in [0, 0.1) is 50.2 Å². The van der Waals surface area contributed by atoms with Gasteiger partial charge in [-0.25, -0.2) is 4.79 Å². The lowest BCUT2D eigenvalue weighted by Crippen LogP contribution is -2.68. The molecule has 0 spiro atoms. The molecule has 504 valence electrons. The van der Waals surface area contributed by atoms with E-state index in [1.807, 2.05) is 6.92 Å². The number of carboxylic acid groups (broad SMARTS) is 1. The summed E-state index contributed by atoms with van der Waals surface area (Å²) < 4.78 is 60.3. The molecule has 5 heterocycles. The van der Waals surface area contributed by atoms with Crippen molar-refractivity contribution >= 4 is 11.9 Å². The van der Waals surface area contributed by atoms with Crippen molar-refractivity contribution in [2.24, 2.45) is 50.2 Å². The first-order chi connectivity index (χ1) is 41.2. The van der Waals surface area contributed by atoms with Gasteiger partial charge in [0.15, 0.2) is 37.4 Å². The Morgan fingerprint density at radius 1 is 0.523 bits per heavy atom. The Labute approximate surface area is 510 Å². The molecular weight excluding hydrogens is 1170 g/mol. The van der Waals surface area contributed by atoms with Crippen LogP contribution in [0.3, 0.4) is 0 Å². The van der Waals surface area contributed by atoms with Crippen LogP contribution in [0.2, 0.25) is 0 Å². The lowest BCUT2D eigenvalue weighted by molar-refractivity contribution is -0.396. The van der Waals surface area contributed by atoms with Gasteiger partial charge in [0.2, 0.25) is 6.29 Å². The van der Waals surface area contributed by atoms with E-state index in [4.69, 9.17) is 47.4 Å². The van der Waals surface area contributed by atoms with Gasteiger partial charge in [0, 0.05) is 5.41 Å². The molecule has 10 rings (SSSR count). The van der Waals surface area contributed by atoms with Crippen LogP contribution in [0.1, 0.15) is 120 Å². The number of aliphatic hydroxyl groups excluding tert-OH is 15. The molecule has 5 saturated heterocycles. The second-order valence-corrected chi connectivity index (χ2v) is 28.9. The number of carbonyl (C=O) groups is 2. The van der Waals surface area contributed by atoms with Gasteiger partial charge >= 0.3 is 11.9 Å². The molecule has 0 aromatic heterocycles. The minimum atomic E-state index is -2.15. The number of aliphatic hydroxyl groups is 15. The number of fused-ring (bicyclic) bond motifs is 7. The summed E-state index contributed by atoms with van der Waals surface area (Å²) in [4.78, 5) is 28.0. The maximum absolute atomic E-state index is 15.4. The van der Waals surface area contributed by atoms with E-state index in [1.165, 1.54) is 13.8 Å². The standard InChI is InChI=1S/C60H96O28/c1-23-32(64)36(68)42(74)49(79-23)85-45-38(70)34(66)27(20-61)81-51(45)87-47-41(73)40(72)44(48(76)77)84-53(47)83-31-12-13-56(5)29(57(31,6)22-63)11-14-59(8)30(56)10-9-25-26-19-55(3,4)15-17-60(26,18-16-58(25,59)7)54(78)88-52-46(39(71)35(67)28(21-62)82-52)86-50-43(75)37(69)33(65)24(2)80-50/h9,23-24,26-47,49-53,61-75H,10-22H2,1-8H3,(H,76,77)/t23-,24-,26-,27+,28+,29+,30+,31-,32-,33-,34-,35+,36+,37+,38-,39-,40-,41-,42+,43+,44-,45+,46+,47+,49-,50-,51-,52-,53+,56-,57+,58+,59+,60-/m0/s1. The van der Waals surface area contributed by atoms with E-state index in [2.05, 4.69) is 40.7 Å². The van der Waals surface area contributed by atoms with E-state index >= 15 is 4.79 Å². The number of ether oxygens (including phenoxy) is 10. The molecule has 28 nitrogen and oxygen atoms in total. The van der Waals surface area contributed by atoms with Crippen molar-refractivity contribution in [3.05, 3.63) is 11.6 Å². The third kappa shape index (κ3) is 11.2. The summed E-state index contributed by atoms with van der Waals surface area (Å²) in [6.45, 7) is 13.8. The molecule has 4 saturated carbocycles. The van der Waals surface area contributed by atoms with Crippen LogP contribution in [0.25, 0.3) is 0 Å². The lowest BCUT2D eigenvalue weighted by Gasteiger charge is -2.71. The average molecular weight is 1270 g/mol. The van der Waals surface area contributed by atoms with Crippen LogP contribution in [0.5, 0.6) is 0 Å². The van der Waals surface area contributed by atoms with Gasteiger partial charge in [-0.05, 0) is 117 Å². The van der Waals surface area contributed by atoms with Crippen molar-refractivity contribution in [3.8, 4) is 0 Å². The van der Waals surface area contributed by atoms with Crippen LogP contribution in [-0.4, -0.2) is 273 Å². The maximum Gasteiger partial charge on any atom is 0.335 e. The van der Waals surface area contributed by atoms with E-state index < -0.39 is 218 Å². The van der Waals surface area contributed by atoms with Crippen LogP contribution < -0.4 is 0 Å². The molecule has 0 aromatic rings. The number of hydrogen-bond acceptors (Lipinski definition) is 27. The normalized spacial score (nSPS) is 54.6. The zero-order valence-electron chi connectivity index (χ0n) is 51.1. The number of rotatable bonds is 14. The van der Waals surface area contributed by atoms with Gasteiger partial charge < -0.3 is 129 Å². The highest BCUT2D eigenvalue weighted by Gasteiger charge is 2.71. The summed E-state index contributed by atoms with van der Waals surface area (Å²) in [5.74, 6) is -2.92. The fourth-order valence-corrected chi connectivity index (χ4v) is 17.8. The molecule has 0 aromatic carbocycles. The van der Waals surface area contributed by atoms with Gasteiger partial charge in [0.1, 0.15) is 97.7 Å². The first-order valence-electron chi connectivity index (χ1n) is 31.2. The first-order valence-corrected chi connectivity index (χ1v) is 31.2. The van der Waals surface area contributed by atoms with Crippen LogP contribution >= 0.6 is 0 Å². The molecule has 10 aliphatic rings. The van der Waals surface area contributed by atoms with Crippen LogP contribution in [0.15, 0.2) is 11.6 Å². The Morgan fingerprint density at radius 2 is 1.02 bits per heavy atom. The van der Waals surface area contributed by atoms with Gasteiger partial charge in [-0.3, -0.25) is 4.79 Å². The van der Waals surface area contributed by atoms with E-state index in [0.29, 0.717) is 57.8 Å². The maximum atomic E-state index is 15.4. The molecule has 9 fully saturated rings. The molecule has 5 aliphatic carbocycles. The largest absolute Gasteiger partial charge is 0.479 e. The molecule has 88 heavy (non-hydrogen) atoms. The molecule has 28 heteroatoms. The molecule has 0 unspecified atom stereocenters. The van der Waals surface area contributed by atoms with Crippen LogP contribution in [-0.2, 0) is 57.0 Å². The fourth-order valence-electron chi connectivity index (χ4n) is 17.8. The Hall–Kier alpha value is -2.28. The summed E-state index contributed by atoms with van der Waals surface area (Å²) in [6, 6.07) is 0. The number of carbonyl (C=O) groups excluding carboxylic acids is 1. The van der Waals surface area contributed by atoms with Gasteiger partial charge in [-0.1, -0.05) is 53.2 Å². The minimum absolute atomic E-state index is 0.0111. The third-order valence-corrected chi connectivity index (χ3v) is 23.6. The average Bonchev–Trinajstić information content (AvgIpc) is 0.728. The monoisotopic (exact) mass is 1260 g/mol. The quantitative estimate of drug-likeness (QED) is 0.0466. The molecule has 0 radical (unpaired) electrons. The molecule has 5 aliphatic heterocycles. The summed E-state index contributed by atoms with van der Waals surface area (Å²) in [5.41, 5.74) is -2.70. The first kappa shape index (κ1) is 68.6. The predicted molar refractivity (Wildman–Crippen MR) is 295 cm³/mol. The summed E-state index contributed by atoms with van der Waals surface area (Å²) in [5, 5.41) is 174. The Balaban J connectivity index is 0.913.